The molecule has 0 aromatic heterocycles. The molecule has 0 fully saturated rings. The van der Waals surface area contributed by atoms with Crippen molar-refractivity contribution in [3.8, 4) is 0 Å². The molecular formula is C14H27NO. The van der Waals surface area contributed by atoms with Gasteiger partial charge in [-0.1, -0.05) is 26.3 Å². The van der Waals surface area contributed by atoms with E-state index in [0.717, 1.165) is 5.57 Å². The molecule has 1 N–H and O–H groups in total. The molecule has 0 radical (unpaired) electrons. The van der Waals surface area contributed by atoms with Gasteiger partial charge in [0.25, 0.3) is 0 Å². The number of nitrogens with one attached hydrogen (secondary N) is 1. The lowest BCUT2D eigenvalue weighted by Crippen LogP contribution is -2.50. The van der Waals surface area contributed by atoms with Crippen LogP contribution < -0.4 is 5.32 Å². The fourth-order valence-electron chi connectivity index (χ4n) is 1.60. The SMILES string of the molecule is C=C(C)CC(NC(C)(C)C)C(=O)C(C)(C)C. The van der Waals surface area contributed by atoms with Gasteiger partial charge in [0.2, 0.25) is 0 Å². The van der Waals surface area contributed by atoms with E-state index < -0.39 is 0 Å². The van der Waals surface area contributed by atoms with Gasteiger partial charge in [-0.05, 0) is 34.1 Å². The molecule has 0 aliphatic rings. The molecule has 0 amide bonds. The Morgan fingerprint density at radius 3 is 1.88 bits per heavy atom. The molecule has 0 saturated heterocycles. The molecule has 94 valence electrons. The Hall–Kier alpha value is -0.630. The normalized spacial score (nSPS) is 14.7. The van der Waals surface area contributed by atoms with E-state index in [0.29, 0.717) is 6.42 Å². The predicted octanol–water partition coefficient (Wildman–Crippen LogP) is 3.32. The fraction of sp³-hybridized carbons (Fsp3) is 0.786. The van der Waals surface area contributed by atoms with Crippen LogP contribution in [0.15, 0.2) is 12.2 Å². The molecule has 1 atom stereocenters. The quantitative estimate of drug-likeness (QED) is 0.744. The van der Waals surface area contributed by atoms with Crippen molar-refractivity contribution in [1.29, 1.82) is 0 Å². The summed E-state index contributed by atoms with van der Waals surface area (Å²) in [6.07, 6.45) is 0.716. The monoisotopic (exact) mass is 225 g/mol. The number of ketones is 1. The Morgan fingerprint density at radius 1 is 1.19 bits per heavy atom. The number of carbonyl (C=O) groups excluding carboxylic acids is 1. The molecule has 0 aromatic rings. The Labute approximate surface area is 101 Å². The number of carbonyl (C=O) groups is 1. The lowest BCUT2D eigenvalue weighted by Gasteiger charge is -2.32. The Bertz CT molecular complexity index is 265. The van der Waals surface area contributed by atoms with Crippen LogP contribution in [0.4, 0.5) is 0 Å². The van der Waals surface area contributed by atoms with E-state index in [1.807, 2.05) is 27.7 Å². The minimum atomic E-state index is -0.307. The summed E-state index contributed by atoms with van der Waals surface area (Å²) in [5, 5.41) is 3.38. The molecule has 0 aromatic carbocycles. The molecule has 16 heavy (non-hydrogen) atoms. The molecule has 0 aliphatic heterocycles. The number of hydrogen-bond donors (Lipinski definition) is 1. The first-order valence-electron chi connectivity index (χ1n) is 5.90. The lowest BCUT2D eigenvalue weighted by atomic mass is 9.83. The Morgan fingerprint density at radius 2 is 1.62 bits per heavy atom. The van der Waals surface area contributed by atoms with E-state index in [1.54, 1.807) is 0 Å². The summed E-state index contributed by atoms with van der Waals surface area (Å²) < 4.78 is 0. The zero-order valence-electron chi connectivity index (χ0n) is 11.9. The van der Waals surface area contributed by atoms with Crippen molar-refractivity contribution in [1.82, 2.24) is 5.32 Å². The highest BCUT2D eigenvalue weighted by atomic mass is 16.1. The van der Waals surface area contributed by atoms with Gasteiger partial charge >= 0.3 is 0 Å². The molecule has 0 spiro atoms. The van der Waals surface area contributed by atoms with Gasteiger partial charge in [0.05, 0.1) is 6.04 Å². The van der Waals surface area contributed by atoms with E-state index in [-0.39, 0.29) is 22.8 Å². The summed E-state index contributed by atoms with van der Waals surface area (Å²) >= 11 is 0. The van der Waals surface area contributed by atoms with Crippen LogP contribution >= 0.6 is 0 Å². The molecule has 0 aliphatic carbocycles. The minimum Gasteiger partial charge on any atom is -0.302 e. The van der Waals surface area contributed by atoms with Gasteiger partial charge in [0.15, 0.2) is 5.78 Å². The molecule has 1 unspecified atom stereocenters. The summed E-state index contributed by atoms with van der Waals surface area (Å²) in [4.78, 5) is 12.3. The van der Waals surface area contributed by atoms with Crippen molar-refractivity contribution >= 4 is 5.78 Å². The van der Waals surface area contributed by atoms with Crippen molar-refractivity contribution in [3.05, 3.63) is 12.2 Å². The van der Waals surface area contributed by atoms with E-state index >= 15 is 0 Å². The van der Waals surface area contributed by atoms with Crippen LogP contribution in [0.1, 0.15) is 54.9 Å². The molecule has 2 nitrogen and oxygen atoms in total. The first kappa shape index (κ1) is 15.4. The zero-order valence-corrected chi connectivity index (χ0v) is 11.9. The van der Waals surface area contributed by atoms with Crippen molar-refractivity contribution in [2.45, 2.75) is 66.5 Å². The average molecular weight is 225 g/mol. The van der Waals surface area contributed by atoms with Gasteiger partial charge in [-0.15, -0.1) is 6.58 Å². The third-order valence-corrected chi connectivity index (χ3v) is 2.22. The highest BCUT2D eigenvalue weighted by Gasteiger charge is 2.31. The van der Waals surface area contributed by atoms with Gasteiger partial charge in [-0.2, -0.15) is 0 Å². The van der Waals surface area contributed by atoms with E-state index in [1.165, 1.54) is 0 Å². The van der Waals surface area contributed by atoms with Crippen LogP contribution in [-0.2, 0) is 4.79 Å². The van der Waals surface area contributed by atoms with Crippen LogP contribution in [0.3, 0.4) is 0 Å². The number of hydrogen-bond acceptors (Lipinski definition) is 2. The first-order valence-corrected chi connectivity index (χ1v) is 5.90. The van der Waals surface area contributed by atoms with E-state index in [2.05, 4.69) is 32.7 Å². The van der Waals surface area contributed by atoms with Crippen LogP contribution in [0.5, 0.6) is 0 Å². The van der Waals surface area contributed by atoms with Gasteiger partial charge in [0, 0.05) is 11.0 Å². The second-order valence-corrected chi connectivity index (χ2v) is 6.72. The maximum absolute atomic E-state index is 12.3. The molecule has 2 heteroatoms. The summed E-state index contributed by atoms with van der Waals surface area (Å²) in [6, 6.07) is -0.127. The van der Waals surface area contributed by atoms with Gasteiger partial charge in [-0.25, -0.2) is 0 Å². The third-order valence-electron chi connectivity index (χ3n) is 2.22. The van der Waals surface area contributed by atoms with Crippen LogP contribution in [0, 0.1) is 5.41 Å². The molecule has 0 saturated carbocycles. The molecule has 0 rings (SSSR count). The minimum absolute atomic E-state index is 0.0545. The van der Waals surface area contributed by atoms with E-state index in [9.17, 15) is 4.79 Å². The average Bonchev–Trinajstić information content (AvgIpc) is 1.96. The highest BCUT2D eigenvalue weighted by molar-refractivity contribution is 5.89. The van der Waals surface area contributed by atoms with Crippen molar-refractivity contribution in [3.63, 3.8) is 0 Å². The summed E-state index contributed by atoms with van der Waals surface area (Å²) in [6.45, 7) is 18.0. The predicted molar refractivity (Wildman–Crippen MR) is 70.6 cm³/mol. The van der Waals surface area contributed by atoms with E-state index in [4.69, 9.17) is 0 Å². The number of Topliss-reactive ketones (excluding diaryl/α,β-unsaturated/α-hetero) is 1. The molecule has 0 bridgehead atoms. The largest absolute Gasteiger partial charge is 0.302 e. The summed E-state index contributed by atoms with van der Waals surface area (Å²) in [5.41, 5.74) is 0.679. The lowest BCUT2D eigenvalue weighted by molar-refractivity contribution is -0.128. The van der Waals surface area contributed by atoms with Crippen molar-refractivity contribution < 1.29 is 4.79 Å². The zero-order chi connectivity index (χ0) is 13.1. The van der Waals surface area contributed by atoms with Crippen molar-refractivity contribution in [2.24, 2.45) is 5.41 Å². The highest BCUT2D eigenvalue weighted by Crippen LogP contribution is 2.21. The first-order chi connectivity index (χ1) is 6.93. The standard InChI is InChI=1S/C14H27NO/c1-10(2)9-11(15-14(6,7)8)12(16)13(3,4)5/h11,15H,1,9H2,2-8H3. The van der Waals surface area contributed by atoms with Gasteiger partial charge in [-0.3, -0.25) is 4.79 Å². The van der Waals surface area contributed by atoms with Gasteiger partial charge in [0.1, 0.15) is 0 Å². The molecule has 0 heterocycles. The Balaban J connectivity index is 4.81. The summed E-state index contributed by atoms with van der Waals surface area (Å²) in [7, 11) is 0. The Kier molecular flexibility index (Phi) is 4.93. The van der Waals surface area contributed by atoms with Gasteiger partial charge < -0.3 is 5.32 Å². The summed E-state index contributed by atoms with van der Waals surface area (Å²) in [5.74, 6) is 0.255. The second kappa shape index (κ2) is 5.13. The van der Waals surface area contributed by atoms with Crippen LogP contribution in [0.25, 0.3) is 0 Å². The fourth-order valence-corrected chi connectivity index (χ4v) is 1.60. The smallest absolute Gasteiger partial charge is 0.155 e. The van der Waals surface area contributed by atoms with Crippen LogP contribution in [-0.4, -0.2) is 17.4 Å². The van der Waals surface area contributed by atoms with Crippen molar-refractivity contribution in [2.75, 3.05) is 0 Å². The number of rotatable bonds is 4. The maximum atomic E-state index is 12.3. The maximum Gasteiger partial charge on any atom is 0.155 e. The second-order valence-electron chi connectivity index (χ2n) is 6.72. The molecular weight excluding hydrogens is 198 g/mol. The van der Waals surface area contributed by atoms with Crippen LogP contribution in [0.2, 0.25) is 0 Å². The third kappa shape index (κ3) is 6.06. The topological polar surface area (TPSA) is 29.1 Å².